The number of rotatable bonds is 2. The molecule has 0 radical (unpaired) electrons. The fourth-order valence-electron chi connectivity index (χ4n) is 0.875. The third-order valence-electron chi connectivity index (χ3n) is 1.53. The van der Waals surface area contributed by atoms with Crippen LogP contribution in [0.2, 0.25) is 5.02 Å². The second-order valence-electron chi connectivity index (χ2n) is 2.33. The monoisotopic (exact) mass is 203 g/mol. The summed E-state index contributed by atoms with van der Waals surface area (Å²) in [6.07, 6.45) is 0. The maximum atomic E-state index is 5.89. The minimum absolute atomic E-state index is 0.344. The van der Waals surface area contributed by atoms with E-state index in [0.717, 1.165) is 11.3 Å². The number of nitrogens with two attached hydrogens (primary N) is 1. The Morgan fingerprint density at radius 3 is 2.67 bits per heavy atom. The normalized spacial score (nSPS) is 12.7. The molecule has 1 aromatic carbocycles. The zero-order chi connectivity index (χ0) is 9.14. The van der Waals surface area contributed by atoms with Crippen LogP contribution in [0.3, 0.4) is 0 Å². The molecule has 0 aromatic heterocycles. The van der Waals surface area contributed by atoms with Crippen LogP contribution in [0.25, 0.3) is 0 Å². The van der Waals surface area contributed by atoms with E-state index in [2.05, 4.69) is 12.6 Å². The molecule has 1 unspecified atom stereocenters. The van der Waals surface area contributed by atoms with E-state index in [-0.39, 0.29) is 5.37 Å². The molecule has 0 saturated carbocycles. The van der Waals surface area contributed by atoms with E-state index in [9.17, 15) is 0 Å². The second kappa shape index (κ2) is 4.03. The highest BCUT2D eigenvalue weighted by Gasteiger charge is 2.06. The Bertz CT molecular complexity index is 278. The quantitative estimate of drug-likeness (QED) is 0.571. The zero-order valence-corrected chi connectivity index (χ0v) is 8.27. The molecule has 0 aliphatic carbocycles. The van der Waals surface area contributed by atoms with Crippen molar-refractivity contribution >= 4 is 24.2 Å². The number of methoxy groups -OCH3 is 1. The van der Waals surface area contributed by atoms with Gasteiger partial charge in [0.2, 0.25) is 0 Å². The van der Waals surface area contributed by atoms with Gasteiger partial charge in [-0.25, -0.2) is 0 Å². The number of halogens is 1. The minimum atomic E-state index is -0.344. The maximum Gasteiger partial charge on any atom is 0.120 e. The van der Waals surface area contributed by atoms with Gasteiger partial charge in [-0.15, -0.1) is 0 Å². The Balaban J connectivity index is 3.03. The molecule has 66 valence electrons. The standard InChI is InChI=1S/C8H10ClNOS/c1-11-5-2-3-6(8(10)12)7(9)4-5/h2-4,8,12H,10H2,1H3. The molecular formula is C8H10ClNOS. The Morgan fingerprint density at radius 2 is 2.25 bits per heavy atom. The number of thiol groups is 1. The van der Waals surface area contributed by atoms with Crippen LogP contribution < -0.4 is 10.5 Å². The first kappa shape index (κ1) is 9.71. The first-order chi connectivity index (χ1) is 5.65. The minimum Gasteiger partial charge on any atom is -0.497 e. The van der Waals surface area contributed by atoms with Crippen LogP contribution in [0.1, 0.15) is 10.9 Å². The average Bonchev–Trinajstić information content (AvgIpc) is 2.03. The summed E-state index contributed by atoms with van der Waals surface area (Å²) in [4.78, 5) is 0. The number of hydrogen-bond acceptors (Lipinski definition) is 3. The van der Waals surface area contributed by atoms with Crippen LogP contribution >= 0.6 is 24.2 Å². The molecule has 12 heavy (non-hydrogen) atoms. The Morgan fingerprint density at radius 1 is 1.58 bits per heavy atom. The molecule has 1 rings (SSSR count). The van der Waals surface area contributed by atoms with Crippen molar-refractivity contribution in [3.8, 4) is 5.75 Å². The topological polar surface area (TPSA) is 35.2 Å². The molecule has 0 aliphatic heterocycles. The summed E-state index contributed by atoms with van der Waals surface area (Å²) in [6.45, 7) is 0. The van der Waals surface area contributed by atoms with Crippen molar-refractivity contribution < 1.29 is 4.74 Å². The van der Waals surface area contributed by atoms with Gasteiger partial charge in [0.1, 0.15) is 5.75 Å². The van der Waals surface area contributed by atoms with E-state index >= 15 is 0 Å². The number of benzene rings is 1. The average molecular weight is 204 g/mol. The van der Waals surface area contributed by atoms with E-state index in [1.165, 1.54) is 0 Å². The first-order valence-corrected chi connectivity index (χ1v) is 4.31. The van der Waals surface area contributed by atoms with Crippen molar-refractivity contribution in [2.24, 2.45) is 5.73 Å². The Kier molecular flexibility index (Phi) is 3.26. The molecular weight excluding hydrogens is 194 g/mol. The van der Waals surface area contributed by atoms with Gasteiger partial charge >= 0.3 is 0 Å². The van der Waals surface area contributed by atoms with E-state index < -0.39 is 0 Å². The van der Waals surface area contributed by atoms with Crippen LogP contribution in [0, 0.1) is 0 Å². The summed E-state index contributed by atoms with van der Waals surface area (Å²) in [6, 6.07) is 5.32. The predicted octanol–water partition coefficient (Wildman–Crippen LogP) is 2.24. The Hall–Kier alpha value is -0.380. The van der Waals surface area contributed by atoms with E-state index in [0.29, 0.717) is 5.02 Å². The summed E-state index contributed by atoms with van der Waals surface area (Å²) in [7, 11) is 1.59. The van der Waals surface area contributed by atoms with Gasteiger partial charge in [0.05, 0.1) is 12.5 Å². The van der Waals surface area contributed by atoms with Gasteiger partial charge < -0.3 is 10.5 Å². The Labute approximate surface area is 82.1 Å². The summed E-state index contributed by atoms with van der Waals surface area (Å²) < 4.78 is 4.98. The van der Waals surface area contributed by atoms with E-state index in [1.807, 2.05) is 0 Å². The molecule has 1 aromatic rings. The van der Waals surface area contributed by atoms with Crippen molar-refractivity contribution in [3.63, 3.8) is 0 Å². The molecule has 4 heteroatoms. The van der Waals surface area contributed by atoms with Gasteiger partial charge in [0, 0.05) is 5.02 Å². The van der Waals surface area contributed by atoms with Crippen molar-refractivity contribution in [3.05, 3.63) is 28.8 Å². The fraction of sp³-hybridized carbons (Fsp3) is 0.250. The smallest absolute Gasteiger partial charge is 0.120 e. The van der Waals surface area contributed by atoms with E-state index in [1.54, 1.807) is 25.3 Å². The van der Waals surface area contributed by atoms with E-state index in [4.69, 9.17) is 22.1 Å². The maximum absolute atomic E-state index is 5.89. The van der Waals surface area contributed by atoms with Crippen LogP contribution in [0.15, 0.2) is 18.2 Å². The highest BCUT2D eigenvalue weighted by Crippen LogP contribution is 2.27. The van der Waals surface area contributed by atoms with Crippen molar-refractivity contribution in [2.75, 3.05) is 7.11 Å². The molecule has 1 atom stereocenters. The summed E-state index contributed by atoms with van der Waals surface area (Å²) >= 11 is 9.97. The summed E-state index contributed by atoms with van der Waals surface area (Å²) in [5.41, 5.74) is 6.35. The van der Waals surface area contributed by atoms with Gasteiger partial charge in [-0.2, -0.15) is 12.6 Å². The molecule has 0 fully saturated rings. The lowest BCUT2D eigenvalue weighted by Gasteiger charge is -2.08. The van der Waals surface area contributed by atoms with Crippen molar-refractivity contribution in [1.82, 2.24) is 0 Å². The molecule has 2 N–H and O–H groups in total. The molecule has 0 heterocycles. The third-order valence-corrected chi connectivity index (χ3v) is 2.13. The molecule has 2 nitrogen and oxygen atoms in total. The predicted molar refractivity (Wildman–Crippen MR) is 53.9 cm³/mol. The molecule has 0 aliphatic rings. The number of ether oxygens (including phenoxy) is 1. The largest absolute Gasteiger partial charge is 0.497 e. The lowest BCUT2D eigenvalue weighted by molar-refractivity contribution is 0.414. The van der Waals surface area contributed by atoms with Gasteiger partial charge in [-0.05, 0) is 17.7 Å². The van der Waals surface area contributed by atoms with Crippen LogP contribution in [0.4, 0.5) is 0 Å². The van der Waals surface area contributed by atoms with Gasteiger partial charge in [0.25, 0.3) is 0 Å². The zero-order valence-electron chi connectivity index (χ0n) is 6.62. The van der Waals surface area contributed by atoms with Crippen molar-refractivity contribution in [2.45, 2.75) is 5.37 Å². The third kappa shape index (κ3) is 2.06. The number of hydrogen-bond donors (Lipinski definition) is 2. The van der Waals surface area contributed by atoms with Gasteiger partial charge in [0.15, 0.2) is 0 Å². The highest BCUT2D eigenvalue weighted by molar-refractivity contribution is 7.80. The molecule has 0 amide bonds. The lowest BCUT2D eigenvalue weighted by Crippen LogP contribution is -2.02. The lowest BCUT2D eigenvalue weighted by atomic mass is 10.2. The molecule has 0 spiro atoms. The molecule has 0 saturated heterocycles. The van der Waals surface area contributed by atoms with Crippen LogP contribution in [-0.4, -0.2) is 7.11 Å². The summed E-state index contributed by atoms with van der Waals surface area (Å²) in [5, 5.41) is 0.236. The van der Waals surface area contributed by atoms with Gasteiger partial charge in [-0.3, -0.25) is 0 Å². The highest BCUT2D eigenvalue weighted by atomic mass is 35.5. The van der Waals surface area contributed by atoms with Crippen LogP contribution in [0.5, 0.6) is 5.75 Å². The van der Waals surface area contributed by atoms with Crippen LogP contribution in [-0.2, 0) is 0 Å². The van der Waals surface area contributed by atoms with Crippen molar-refractivity contribution in [1.29, 1.82) is 0 Å². The fourth-order valence-corrected chi connectivity index (χ4v) is 1.46. The SMILES string of the molecule is COc1ccc(C(N)S)c(Cl)c1. The van der Waals surface area contributed by atoms with Gasteiger partial charge in [-0.1, -0.05) is 17.7 Å². The second-order valence-corrected chi connectivity index (χ2v) is 3.30. The molecule has 0 bridgehead atoms. The summed E-state index contributed by atoms with van der Waals surface area (Å²) in [5.74, 6) is 0.720. The first-order valence-electron chi connectivity index (χ1n) is 3.42.